The molecule has 180 valence electrons. The lowest BCUT2D eigenvalue weighted by atomic mass is 10.1. The van der Waals surface area contributed by atoms with Crippen molar-refractivity contribution in [3.63, 3.8) is 0 Å². The third-order valence-electron chi connectivity index (χ3n) is 5.10. The minimum atomic E-state index is -1.35. The number of amides is 2. The lowest BCUT2D eigenvalue weighted by Gasteiger charge is -2.20. The van der Waals surface area contributed by atoms with Gasteiger partial charge in [-0.15, -0.1) is 0 Å². The number of likely N-dealkylation sites (N-methyl/N-ethyl adjacent to an activating group) is 2. The Morgan fingerprint density at radius 1 is 1.09 bits per heavy atom. The van der Waals surface area contributed by atoms with Crippen LogP contribution in [0.5, 0.6) is 5.75 Å². The van der Waals surface area contributed by atoms with Gasteiger partial charge in [0.1, 0.15) is 23.3 Å². The molecule has 1 atom stereocenters. The number of ether oxygens (including phenoxy) is 2. The van der Waals surface area contributed by atoms with E-state index in [1.165, 1.54) is 0 Å². The molecule has 0 aliphatic carbocycles. The van der Waals surface area contributed by atoms with Crippen LogP contribution in [-0.2, 0) is 27.1 Å². The highest BCUT2D eigenvalue weighted by molar-refractivity contribution is 7.82. The molecular formula is C23H32N4O5S. The number of benzene rings is 2. The predicted octanol–water partition coefficient (Wildman–Crippen LogP) is 1.55. The van der Waals surface area contributed by atoms with Crippen molar-refractivity contribution in [3.05, 3.63) is 58.7 Å². The number of nitrogen functional groups attached to an aromatic ring is 1. The molecule has 2 amide bonds. The summed E-state index contributed by atoms with van der Waals surface area (Å²) in [6, 6.07) is 10.5. The smallest absolute Gasteiger partial charge is 0.265 e. The van der Waals surface area contributed by atoms with E-state index in [0.29, 0.717) is 18.7 Å². The Kier molecular flexibility index (Phi) is 9.98. The molecular weight excluding hydrogens is 444 g/mol. The Labute approximate surface area is 197 Å². The first-order valence-electron chi connectivity index (χ1n) is 10.4. The van der Waals surface area contributed by atoms with E-state index >= 15 is 0 Å². The van der Waals surface area contributed by atoms with Crippen LogP contribution in [0.1, 0.15) is 27.0 Å². The Hall–Kier alpha value is -2.79. The quantitative estimate of drug-likeness (QED) is 0.220. The zero-order valence-electron chi connectivity index (χ0n) is 19.7. The molecule has 0 spiro atoms. The minimum absolute atomic E-state index is 0.0781. The topological polar surface area (TPSA) is 114 Å². The van der Waals surface area contributed by atoms with Crippen molar-refractivity contribution < 1.29 is 23.3 Å². The highest BCUT2D eigenvalue weighted by atomic mass is 32.2. The number of hydrazine groups is 1. The van der Waals surface area contributed by atoms with Crippen molar-refractivity contribution in [2.75, 3.05) is 41.0 Å². The highest BCUT2D eigenvalue weighted by Crippen LogP contribution is 2.25. The van der Waals surface area contributed by atoms with Gasteiger partial charge in [0.25, 0.3) is 5.91 Å². The van der Waals surface area contributed by atoms with Crippen LogP contribution in [-0.4, -0.2) is 66.2 Å². The maximum Gasteiger partial charge on any atom is 0.265 e. The third-order valence-corrected chi connectivity index (χ3v) is 6.84. The number of nitrogens with two attached hydrogens (primary N) is 1. The summed E-state index contributed by atoms with van der Waals surface area (Å²) < 4.78 is 25.4. The van der Waals surface area contributed by atoms with Crippen molar-refractivity contribution in [2.45, 2.75) is 25.3 Å². The maximum absolute atomic E-state index is 12.9. The number of nitrogens with zero attached hydrogens (tertiary/aromatic N) is 2. The predicted molar refractivity (Wildman–Crippen MR) is 127 cm³/mol. The summed E-state index contributed by atoms with van der Waals surface area (Å²) in [7, 11) is 3.69. The summed E-state index contributed by atoms with van der Waals surface area (Å²) >= 11 is 0. The van der Waals surface area contributed by atoms with Gasteiger partial charge in [0.15, 0.2) is 0 Å². The summed E-state index contributed by atoms with van der Waals surface area (Å²) in [5, 5.41) is 0. The number of rotatable bonds is 11. The van der Waals surface area contributed by atoms with E-state index in [0.717, 1.165) is 27.3 Å². The number of carbonyl (C=O) groups excluding carboxylic acids is 2. The van der Waals surface area contributed by atoms with E-state index < -0.39 is 11.0 Å². The first-order chi connectivity index (χ1) is 15.7. The molecule has 2 aromatic rings. The van der Waals surface area contributed by atoms with Gasteiger partial charge < -0.3 is 14.4 Å². The van der Waals surface area contributed by atoms with Gasteiger partial charge in [-0.3, -0.25) is 15.0 Å². The largest absolute Gasteiger partial charge is 0.497 e. The second kappa shape index (κ2) is 12.4. The standard InChI is InChI=1S/C23H32N4O5S/c1-16-12-20(31-5)13-17(2)22(16)33(30)27(4)10-11-32-15-21(28)26(3)14-18-6-8-19(9-7-18)23(29)25-24/h6-9,12-13H,10-11,14-15,24H2,1-5H3,(H,25,29). The molecule has 2 aromatic carbocycles. The molecule has 0 radical (unpaired) electrons. The van der Waals surface area contributed by atoms with E-state index in [-0.39, 0.29) is 25.0 Å². The fourth-order valence-electron chi connectivity index (χ4n) is 3.21. The molecule has 0 bridgehead atoms. The van der Waals surface area contributed by atoms with E-state index in [1.807, 2.05) is 26.0 Å². The van der Waals surface area contributed by atoms with Gasteiger partial charge in [-0.05, 0) is 54.8 Å². The van der Waals surface area contributed by atoms with Crippen molar-refractivity contribution >= 4 is 22.8 Å². The lowest BCUT2D eigenvalue weighted by molar-refractivity contribution is -0.135. The van der Waals surface area contributed by atoms with Crippen LogP contribution in [0.15, 0.2) is 41.3 Å². The normalized spacial score (nSPS) is 11.8. The van der Waals surface area contributed by atoms with Gasteiger partial charge in [0.05, 0.1) is 18.6 Å². The Balaban J connectivity index is 1.80. The zero-order chi connectivity index (χ0) is 24.5. The fraction of sp³-hybridized carbons (Fsp3) is 0.391. The van der Waals surface area contributed by atoms with Gasteiger partial charge in [0, 0.05) is 32.7 Å². The van der Waals surface area contributed by atoms with Crippen LogP contribution in [0, 0.1) is 13.8 Å². The Morgan fingerprint density at radius 3 is 2.24 bits per heavy atom. The molecule has 9 nitrogen and oxygen atoms in total. The van der Waals surface area contributed by atoms with Crippen molar-refractivity contribution in [3.8, 4) is 5.75 Å². The molecule has 0 aliphatic heterocycles. The van der Waals surface area contributed by atoms with Gasteiger partial charge in [0.2, 0.25) is 5.91 Å². The second-order valence-corrected chi connectivity index (χ2v) is 9.19. The molecule has 0 heterocycles. The number of hydrogen-bond acceptors (Lipinski definition) is 6. The van der Waals surface area contributed by atoms with Crippen molar-refractivity contribution in [1.82, 2.24) is 14.6 Å². The summed E-state index contributed by atoms with van der Waals surface area (Å²) in [5.74, 6) is 5.30. The first kappa shape index (κ1) is 26.5. The lowest BCUT2D eigenvalue weighted by Crippen LogP contribution is -2.32. The monoisotopic (exact) mass is 476 g/mol. The zero-order valence-corrected chi connectivity index (χ0v) is 20.5. The number of carbonyl (C=O) groups is 2. The Morgan fingerprint density at radius 2 is 1.70 bits per heavy atom. The molecule has 3 N–H and O–H groups in total. The SMILES string of the molecule is COc1cc(C)c(S(=O)N(C)CCOCC(=O)N(C)Cc2ccc(C(=O)NN)cc2)c(C)c1. The molecule has 0 aliphatic rings. The minimum Gasteiger partial charge on any atom is -0.497 e. The molecule has 1 unspecified atom stereocenters. The molecule has 2 rings (SSSR count). The van der Waals surface area contributed by atoms with Crippen molar-refractivity contribution in [2.24, 2.45) is 5.84 Å². The number of aryl methyl sites for hydroxylation is 2. The van der Waals surface area contributed by atoms with Gasteiger partial charge >= 0.3 is 0 Å². The molecule has 0 fully saturated rings. The molecule has 0 saturated carbocycles. The number of nitrogens with one attached hydrogen (secondary N) is 1. The van der Waals surface area contributed by atoms with Crippen LogP contribution in [0.4, 0.5) is 0 Å². The second-order valence-electron chi connectivity index (χ2n) is 7.66. The van der Waals surface area contributed by atoms with E-state index in [4.69, 9.17) is 15.3 Å². The highest BCUT2D eigenvalue weighted by Gasteiger charge is 2.17. The van der Waals surface area contributed by atoms with E-state index in [1.54, 1.807) is 54.7 Å². The number of hydrogen-bond donors (Lipinski definition) is 2. The van der Waals surface area contributed by atoms with Gasteiger partial charge in [-0.1, -0.05) is 12.1 Å². The molecule has 0 aromatic heterocycles. The van der Waals surface area contributed by atoms with E-state index in [9.17, 15) is 13.8 Å². The van der Waals surface area contributed by atoms with Gasteiger partial charge in [-0.25, -0.2) is 14.4 Å². The van der Waals surface area contributed by atoms with Gasteiger partial charge in [-0.2, -0.15) is 0 Å². The average Bonchev–Trinajstić information content (AvgIpc) is 2.80. The third kappa shape index (κ3) is 7.36. The van der Waals surface area contributed by atoms with Crippen LogP contribution < -0.4 is 16.0 Å². The van der Waals surface area contributed by atoms with E-state index in [2.05, 4.69) is 5.43 Å². The summed E-state index contributed by atoms with van der Waals surface area (Å²) in [4.78, 5) is 26.1. The number of methoxy groups -OCH3 is 1. The first-order valence-corrected chi connectivity index (χ1v) is 11.5. The van der Waals surface area contributed by atoms with Crippen LogP contribution in [0.25, 0.3) is 0 Å². The average molecular weight is 477 g/mol. The molecule has 10 heteroatoms. The van der Waals surface area contributed by atoms with Crippen LogP contribution >= 0.6 is 0 Å². The summed E-state index contributed by atoms with van der Waals surface area (Å²) in [5.41, 5.74) is 5.18. The fourth-order valence-corrected chi connectivity index (χ4v) is 4.43. The van der Waals surface area contributed by atoms with Crippen LogP contribution in [0.3, 0.4) is 0 Å². The molecule has 0 saturated heterocycles. The summed E-state index contributed by atoms with van der Waals surface area (Å²) in [6.07, 6.45) is 0. The van der Waals surface area contributed by atoms with Crippen molar-refractivity contribution in [1.29, 1.82) is 0 Å². The molecule has 33 heavy (non-hydrogen) atoms. The van der Waals surface area contributed by atoms with Crippen LogP contribution in [0.2, 0.25) is 0 Å². The Bertz CT molecular complexity index is 974. The maximum atomic E-state index is 12.9. The summed E-state index contributed by atoms with van der Waals surface area (Å²) in [6.45, 7) is 4.78.